The minimum Gasteiger partial charge on any atom is -0.354 e. The molecular weight excluding hydrogens is 359 g/mol. The number of nitrogens with zero attached hydrogens (tertiary/aromatic N) is 3. The van der Waals surface area contributed by atoms with Gasteiger partial charge in [0, 0.05) is 57.4 Å². The molecule has 0 spiro atoms. The molecule has 6 nitrogen and oxygen atoms in total. The summed E-state index contributed by atoms with van der Waals surface area (Å²) in [5.41, 5.74) is 0.464. The Morgan fingerprint density at radius 2 is 1.82 bits per heavy atom. The Kier molecular flexibility index (Phi) is 7.02. The Morgan fingerprint density at radius 1 is 1.14 bits per heavy atom. The molecule has 1 aromatic carbocycles. The predicted octanol–water partition coefficient (Wildman–Crippen LogP) is 1.43. The minimum atomic E-state index is -0.359. The molecule has 154 valence electrons. The number of likely N-dealkylation sites (tertiary alicyclic amines) is 1. The Morgan fingerprint density at radius 3 is 2.50 bits per heavy atom. The number of amides is 2. The van der Waals surface area contributed by atoms with E-state index in [1.54, 1.807) is 4.90 Å². The molecule has 0 saturated carbocycles. The van der Waals surface area contributed by atoms with Gasteiger partial charge in [-0.1, -0.05) is 0 Å². The predicted molar refractivity (Wildman–Crippen MR) is 107 cm³/mol. The second kappa shape index (κ2) is 9.47. The van der Waals surface area contributed by atoms with E-state index in [1.807, 2.05) is 0 Å². The highest BCUT2D eigenvalue weighted by Crippen LogP contribution is 2.19. The van der Waals surface area contributed by atoms with Crippen LogP contribution in [0.5, 0.6) is 0 Å². The van der Waals surface area contributed by atoms with Crippen LogP contribution in [0.25, 0.3) is 0 Å². The van der Waals surface area contributed by atoms with Crippen LogP contribution in [0, 0.1) is 11.7 Å². The van der Waals surface area contributed by atoms with Gasteiger partial charge in [-0.25, -0.2) is 4.39 Å². The van der Waals surface area contributed by atoms with Crippen molar-refractivity contribution in [2.45, 2.75) is 25.8 Å². The maximum atomic E-state index is 13.1. The van der Waals surface area contributed by atoms with Crippen molar-refractivity contribution < 1.29 is 14.0 Å². The lowest BCUT2D eigenvalue weighted by Gasteiger charge is -2.37. The molecule has 1 aromatic rings. The van der Waals surface area contributed by atoms with Crippen molar-refractivity contribution in [3.8, 4) is 0 Å². The summed E-state index contributed by atoms with van der Waals surface area (Å²) in [5, 5.41) is 3.09. The second-order valence-electron chi connectivity index (χ2n) is 8.03. The van der Waals surface area contributed by atoms with Gasteiger partial charge >= 0.3 is 0 Å². The number of carbonyl (C=O) groups excluding carboxylic acids is 2. The Bertz CT molecular complexity index is 673. The lowest BCUT2D eigenvalue weighted by molar-refractivity contribution is -0.126. The van der Waals surface area contributed by atoms with Gasteiger partial charge in [-0.15, -0.1) is 0 Å². The standard InChI is InChI=1S/C21H31FN4O2/c1-16(25-12-10-24(2)11-13-25)14-23-20(27)18-4-3-9-26(15-18)21(28)17-5-7-19(22)8-6-17/h5-8,16,18H,3-4,9-15H2,1-2H3,(H,23,27). The molecule has 0 aliphatic carbocycles. The highest BCUT2D eigenvalue weighted by Gasteiger charge is 2.29. The first kappa shape index (κ1) is 20.7. The minimum absolute atomic E-state index is 0.0255. The topological polar surface area (TPSA) is 55.9 Å². The number of rotatable bonds is 5. The summed E-state index contributed by atoms with van der Waals surface area (Å²) in [6.45, 7) is 8.00. The van der Waals surface area contributed by atoms with Crippen molar-refractivity contribution in [1.82, 2.24) is 20.0 Å². The van der Waals surface area contributed by atoms with E-state index in [0.717, 1.165) is 39.0 Å². The molecule has 2 fully saturated rings. The monoisotopic (exact) mass is 390 g/mol. The number of halogens is 1. The highest BCUT2D eigenvalue weighted by molar-refractivity contribution is 5.94. The van der Waals surface area contributed by atoms with E-state index in [4.69, 9.17) is 0 Å². The summed E-state index contributed by atoms with van der Waals surface area (Å²) in [6.07, 6.45) is 1.60. The fourth-order valence-corrected chi connectivity index (χ4v) is 3.94. The quantitative estimate of drug-likeness (QED) is 0.827. The van der Waals surface area contributed by atoms with Crippen molar-refractivity contribution in [2.75, 3.05) is 52.9 Å². The molecule has 2 atom stereocenters. The van der Waals surface area contributed by atoms with Gasteiger partial charge in [-0.3, -0.25) is 14.5 Å². The number of piperidine rings is 1. The summed E-state index contributed by atoms with van der Waals surface area (Å²) in [6, 6.07) is 5.89. The van der Waals surface area contributed by atoms with Crippen LogP contribution >= 0.6 is 0 Å². The molecule has 28 heavy (non-hydrogen) atoms. The van der Waals surface area contributed by atoms with Crippen molar-refractivity contribution in [1.29, 1.82) is 0 Å². The van der Waals surface area contributed by atoms with E-state index in [9.17, 15) is 14.0 Å². The number of likely N-dealkylation sites (N-methyl/N-ethyl adjacent to an activating group) is 1. The molecule has 2 aliphatic rings. The molecule has 0 radical (unpaired) electrons. The van der Waals surface area contributed by atoms with Gasteiger partial charge in [0.05, 0.1) is 5.92 Å². The smallest absolute Gasteiger partial charge is 0.253 e. The molecule has 2 heterocycles. The van der Waals surface area contributed by atoms with Crippen LogP contribution in [0.2, 0.25) is 0 Å². The van der Waals surface area contributed by atoms with Gasteiger partial charge in [0.2, 0.25) is 5.91 Å². The van der Waals surface area contributed by atoms with Crippen molar-refractivity contribution in [3.05, 3.63) is 35.6 Å². The first-order valence-corrected chi connectivity index (χ1v) is 10.2. The number of nitrogens with one attached hydrogen (secondary N) is 1. The first-order chi connectivity index (χ1) is 13.4. The Labute approximate surface area is 166 Å². The third kappa shape index (κ3) is 5.29. The van der Waals surface area contributed by atoms with Crippen LogP contribution < -0.4 is 5.32 Å². The summed E-state index contributed by atoms with van der Waals surface area (Å²) in [4.78, 5) is 31.7. The van der Waals surface area contributed by atoms with Gasteiger partial charge < -0.3 is 15.1 Å². The third-order valence-electron chi connectivity index (χ3n) is 5.90. The zero-order valence-electron chi connectivity index (χ0n) is 16.9. The van der Waals surface area contributed by atoms with Crippen LogP contribution in [0.4, 0.5) is 4.39 Å². The SMILES string of the molecule is CC(CNC(=O)C1CCCN(C(=O)c2ccc(F)cc2)C1)N1CCN(C)CC1. The summed E-state index contributed by atoms with van der Waals surface area (Å²) < 4.78 is 13.1. The molecular formula is C21H31FN4O2. The number of hydrogen-bond donors (Lipinski definition) is 1. The van der Waals surface area contributed by atoms with Crippen LogP contribution in [-0.4, -0.2) is 85.4 Å². The lowest BCUT2D eigenvalue weighted by atomic mass is 9.96. The molecule has 0 bridgehead atoms. The first-order valence-electron chi connectivity index (χ1n) is 10.2. The van der Waals surface area contributed by atoms with Crippen LogP contribution in [0.3, 0.4) is 0 Å². The van der Waals surface area contributed by atoms with Gasteiger partial charge in [-0.2, -0.15) is 0 Å². The molecule has 2 amide bonds. The van der Waals surface area contributed by atoms with E-state index in [0.29, 0.717) is 31.2 Å². The number of carbonyl (C=O) groups is 2. The van der Waals surface area contributed by atoms with E-state index >= 15 is 0 Å². The average molecular weight is 391 g/mol. The third-order valence-corrected chi connectivity index (χ3v) is 5.90. The normalized spacial score (nSPS) is 22.7. The maximum absolute atomic E-state index is 13.1. The molecule has 7 heteroatoms. The molecule has 2 saturated heterocycles. The zero-order chi connectivity index (χ0) is 20.1. The van der Waals surface area contributed by atoms with E-state index < -0.39 is 0 Å². The van der Waals surface area contributed by atoms with Crippen LogP contribution in [-0.2, 0) is 4.79 Å². The van der Waals surface area contributed by atoms with E-state index in [1.165, 1.54) is 24.3 Å². The average Bonchev–Trinajstić information content (AvgIpc) is 2.72. The van der Waals surface area contributed by atoms with Gasteiger partial charge in [0.15, 0.2) is 0 Å². The number of hydrogen-bond acceptors (Lipinski definition) is 4. The van der Waals surface area contributed by atoms with Gasteiger partial charge in [-0.05, 0) is 51.1 Å². The maximum Gasteiger partial charge on any atom is 0.253 e. The molecule has 2 unspecified atom stereocenters. The van der Waals surface area contributed by atoms with Crippen molar-refractivity contribution in [3.63, 3.8) is 0 Å². The zero-order valence-corrected chi connectivity index (χ0v) is 16.9. The Hall–Kier alpha value is -1.99. The summed E-state index contributed by atoms with van der Waals surface area (Å²) in [5.74, 6) is -0.652. The van der Waals surface area contributed by atoms with Crippen LogP contribution in [0.1, 0.15) is 30.1 Å². The number of piperazine rings is 1. The fourth-order valence-electron chi connectivity index (χ4n) is 3.94. The summed E-state index contributed by atoms with van der Waals surface area (Å²) in [7, 11) is 2.13. The van der Waals surface area contributed by atoms with Crippen molar-refractivity contribution in [2.24, 2.45) is 5.92 Å². The molecule has 1 N–H and O–H groups in total. The molecule has 0 aromatic heterocycles. The van der Waals surface area contributed by atoms with Gasteiger partial charge in [0.1, 0.15) is 5.82 Å². The second-order valence-corrected chi connectivity index (χ2v) is 8.03. The van der Waals surface area contributed by atoms with Crippen LogP contribution in [0.15, 0.2) is 24.3 Å². The number of benzene rings is 1. The molecule has 3 rings (SSSR count). The molecule has 2 aliphatic heterocycles. The largest absolute Gasteiger partial charge is 0.354 e. The Balaban J connectivity index is 1.48. The fraction of sp³-hybridized carbons (Fsp3) is 0.619. The summed E-state index contributed by atoms with van der Waals surface area (Å²) >= 11 is 0. The van der Waals surface area contributed by atoms with Gasteiger partial charge in [0.25, 0.3) is 5.91 Å². The van der Waals surface area contributed by atoms with E-state index in [2.05, 4.69) is 29.1 Å². The highest BCUT2D eigenvalue weighted by atomic mass is 19.1. The van der Waals surface area contributed by atoms with Crippen molar-refractivity contribution >= 4 is 11.8 Å². The lowest BCUT2D eigenvalue weighted by Crippen LogP contribution is -2.52. The van der Waals surface area contributed by atoms with E-state index in [-0.39, 0.29) is 23.5 Å².